The van der Waals surface area contributed by atoms with E-state index in [0.29, 0.717) is 0 Å². The van der Waals surface area contributed by atoms with Gasteiger partial charge in [-0.2, -0.15) is 5.10 Å². The van der Waals surface area contributed by atoms with Gasteiger partial charge in [0, 0.05) is 18.0 Å². The molecule has 0 bridgehead atoms. The molecule has 1 N–H and O–H groups in total. The molecular formula is C21H23N5O2. The fourth-order valence-corrected chi connectivity index (χ4v) is 4.09. The van der Waals surface area contributed by atoms with E-state index in [1.807, 2.05) is 12.1 Å². The lowest BCUT2D eigenvalue weighted by Gasteiger charge is -2.37. The lowest BCUT2D eigenvalue weighted by Crippen LogP contribution is -2.48. The molecule has 7 nitrogen and oxygen atoms in total. The molecule has 1 spiro atoms. The average molecular weight is 377 g/mol. The summed E-state index contributed by atoms with van der Waals surface area (Å²) in [6.07, 6.45) is 6.19. The lowest BCUT2D eigenvalue weighted by molar-refractivity contribution is 0.0860. The first kappa shape index (κ1) is 16.3. The summed E-state index contributed by atoms with van der Waals surface area (Å²) < 4.78 is 11.8. The number of morpholine rings is 1. The summed E-state index contributed by atoms with van der Waals surface area (Å²) in [4.78, 5) is 11.5. The summed E-state index contributed by atoms with van der Waals surface area (Å²) in [5, 5.41) is 8.69. The van der Waals surface area contributed by atoms with Crippen molar-refractivity contribution >= 4 is 16.7 Å². The molecule has 0 amide bonds. The van der Waals surface area contributed by atoms with E-state index in [-0.39, 0.29) is 11.1 Å². The van der Waals surface area contributed by atoms with Gasteiger partial charge >= 0.3 is 0 Å². The number of benzene rings is 1. The molecule has 2 aliphatic carbocycles. The number of aromatic nitrogens is 4. The number of hydrogen-bond donors (Lipinski definition) is 1. The topological polar surface area (TPSA) is 76.2 Å². The molecule has 28 heavy (non-hydrogen) atoms. The van der Waals surface area contributed by atoms with Crippen LogP contribution in [0.3, 0.4) is 0 Å². The van der Waals surface area contributed by atoms with Crippen LogP contribution in [0.1, 0.15) is 32.6 Å². The van der Waals surface area contributed by atoms with Gasteiger partial charge in [0.1, 0.15) is 29.2 Å². The molecule has 3 fully saturated rings. The molecule has 144 valence electrons. The van der Waals surface area contributed by atoms with E-state index in [9.17, 15) is 0 Å². The van der Waals surface area contributed by atoms with Gasteiger partial charge < -0.3 is 14.4 Å². The maximum Gasteiger partial charge on any atom is 0.133 e. The lowest BCUT2D eigenvalue weighted by atomic mass is 10.1. The molecular weight excluding hydrogens is 354 g/mol. The summed E-state index contributed by atoms with van der Waals surface area (Å²) in [6.45, 7) is 4.55. The Morgan fingerprint density at radius 1 is 1.14 bits per heavy atom. The highest BCUT2D eigenvalue weighted by Gasteiger charge is 2.50. The van der Waals surface area contributed by atoms with Crippen molar-refractivity contribution in [2.45, 2.75) is 43.7 Å². The molecule has 2 saturated carbocycles. The zero-order valence-electron chi connectivity index (χ0n) is 15.9. The highest BCUT2D eigenvalue weighted by atomic mass is 16.5. The monoisotopic (exact) mass is 377 g/mol. The Balaban J connectivity index is 1.38. The van der Waals surface area contributed by atoms with Gasteiger partial charge in [-0.3, -0.25) is 5.10 Å². The molecule has 1 aromatic carbocycles. The molecule has 6 rings (SSSR count). The predicted molar refractivity (Wildman–Crippen MR) is 106 cm³/mol. The first-order valence-corrected chi connectivity index (χ1v) is 9.99. The fourth-order valence-electron chi connectivity index (χ4n) is 4.09. The zero-order valence-corrected chi connectivity index (χ0v) is 15.9. The number of fused-ring (bicyclic) bond motifs is 1. The van der Waals surface area contributed by atoms with Crippen LogP contribution in [0.15, 0.2) is 30.6 Å². The Morgan fingerprint density at radius 3 is 2.86 bits per heavy atom. The molecule has 3 heterocycles. The second-order valence-corrected chi connectivity index (χ2v) is 8.52. The first-order chi connectivity index (χ1) is 13.6. The van der Waals surface area contributed by atoms with Gasteiger partial charge in [0.25, 0.3) is 0 Å². The summed E-state index contributed by atoms with van der Waals surface area (Å²) in [5.41, 5.74) is 2.78. The van der Waals surface area contributed by atoms with E-state index >= 15 is 0 Å². The van der Waals surface area contributed by atoms with Crippen molar-refractivity contribution in [3.8, 4) is 17.1 Å². The Hall–Kier alpha value is -2.67. The highest BCUT2D eigenvalue weighted by molar-refractivity contribution is 5.93. The van der Waals surface area contributed by atoms with Gasteiger partial charge in [0.2, 0.25) is 0 Å². The minimum atomic E-state index is -0.00538. The number of nitrogens with one attached hydrogen (secondary N) is 1. The van der Waals surface area contributed by atoms with Crippen molar-refractivity contribution in [3.05, 3.63) is 30.6 Å². The van der Waals surface area contributed by atoms with Crippen LogP contribution < -0.4 is 9.64 Å². The minimum Gasteiger partial charge on any atom is -0.488 e. The van der Waals surface area contributed by atoms with Crippen molar-refractivity contribution in [2.75, 3.05) is 24.7 Å². The number of hydrogen-bond acceptors (Lipinski definition) is 6. The molecule has 0 radical (unpaired) electrons. The average Bonchev–Trinajstić information content (AvgIpc) is 3.60. The van der Waals surface area contributed by atoms with E-state index in [1.54, 1.807) is 6.33 Å². The number of H-pyrrole nitrogens is 1. The molecule has 1 saturated heterocycles. The maximum atomic E-state index is 6.14. The minimum absolute atomic E-state index is 0.00538. The smallest absolute Gasteiger partial charge is 0.133 e. The molecule has 3 aliphatic rings. The van der Waals surface area contributed by atoms with Crippen molar-refractivity contribution in [2.24, 2.45) is 0 Å². The quantitative estimate of drug-likeness (QED) is 0.752. The first-order valence-electron chi connectivity index (χ1n) is 9.99. The predicted octanol–water partition coefficient (Wildman–Crippen LogP) is 3.32. The summed E-state index contributed by atoms with van der Waals surface area (Å²) in [7, 11) is 0. The summed E-state index contributed by atoms with van der Waals surface area (Å²) in [6, 6.07) is 8.15. The van der Waals surface area contributed by atoms with Gasteiger partial charge in [-0.05, 0) is 50.8 Å². The SMILES string of the molecule is CC1(Oc2ccc3[nH]nc(-c4cc(N5CCOCC56CC6)ncn4)c3c2)CC1. The van der Waals surface area contributed by atoms with Crippen LogP contribution >= 0.6 is 0 Å². The largest absolute Gasteiger partial charge is 0.488 e. The molecule has 1 aliphatic heterocycles. The van der Waals surface area contributed by atoms with Crippen molar-refractivity contribution < 1.29 is 9.47 Å². The fraction of sp³-hybridized carbons (Fsp3) is 0.476. The molecule has 2 aromatic heterocycles. The van der Waals surface area contributed by atoms with Crippen molar-refractivity contribution in [1.29, 1.82) is 0 Å². The standard InChI is InChI=1S/C21H23N5O2/c1-20(4-5-20)28-14-2-3-16-15(10-14)19(25-24-16)17-11-18(23-13-22-17)26-8-9-27-12-21(26)6-7-21/h2-3,10-11,13H,4-9,12H2,1H3,(H,24,25). The van der Waals surface area contributed by atoms with Crippen LogP contribution in [-0.4, -0.2) is 51.1 Å². The van der Waals surface area contributed by atoms with E-state index < -0.39 is 0 Å². The number of ether oxygens (including phenoxy) is 2. The third-order valence-corrected chi connectivity index (χ3v) is 6.25. The number of aromatic amines is 1. The Bertz CT molecular complexity index is 1050. The van der Waals surface area contributed by atoms with Gasteiger partial charge in [0.05, 0.1) is 30.0 Å². The van der Waals surface area contributed by atoms with E-state index in [2.05, 4.69) is 44.1 Å². The van der Waals surface area contributed by atoms with Gasteiger partial charge in [-0.1, -0.05) is 0 Å². The van der Waals surface area contributed by atoms with Crippen LogP contribution in [0.4, 0.5) is 5.82 Å². The maximum absolute atomic E-state index is 6.14. The third-order valence-electron chi connectivity index (χ3n) is 6.25. The molecule has 3 aromatic rings. The van der Waals surface area contributed by atoms with E-state index in [1.165, 1.54) is 0 Å². The summed E-state index contributed by atoms with van der Waals surface area (Å²) in [5.74, 6) is 1.84. The highest BCUT2D eigenvalue weighted by Crippen LogP contribution is 2.46. The van der Waals surface area contributed by atoms with Crippen LogP contribution in [0.5, 0.6) is 5.75 Å². The molecule has 7 heteroatoms. The Morgan fingerprint density at radius 2 is 2.04 bits per heavy atom. The van der Waals surface area contributed by atoms with Gasteiger partial charge in [0.15, 0.2) is 0 Å². The molecule has 0 atom stereocenters. The van der Waals surface area contributed by atoms with Crippen LogP contribution in [0.2, 0.25) is 0 Å². The Kier molecular flexibility index (Phi) is 3.30. The van der Waals surface area contributed by atoms with E-state index in [4.69, 9.17) is 9.47 Å². The number of nitrogens with zero attached hydrogens (tertiary/aromatic N) is 4. The van der Waals surface area contributed by atoms with Crippen molar-refractivity contribution in [3.63, 3.8) is 0 Å². The van der Waals surface area contributed by atoms with Crippen LogP contribution in [-0.2, 0) is 4.74 Å². The third kappa shape index (κ3) is 2.64. The number of anilines is 1. The zero-order chi connectivity index (χ0) is 18.8. The van der Waals surface area contributed by atoms with Gasteiger partial charge in [-0.15, -0.1) is 0 Å². The van der Waals surface area contributed by atoms with Crippen LogP contribution in [0, 0.1) is 0 Å². The van der Waals surface area contributed by atoms with Gasteiger partial charge in [-0.25, -0.2) is 9.97 Å². The second-order valence-electron chi connectivity index (χ2n) is 8.52. The van der Waals surface area contributed by atoms with Crippen LogP contribution in [0.25, 0.3) is 22.3 Å². The Labute approximate surface area is 163 Å². The second kappa shape index (κ2) is 5.67. The van der Waals surface area contributed by atoms with E-state index in [0.717, 1.165) is 79.3 Å². The normalized spacial score (nSPS) is 21.8. The number of rotatable bonds is 4. The van der Waals surface area contributed by atoms with Crippen molar-refractivity contribution in [1.82, 2.24) is 20.2 Å². The molecule has 0 unspecified atom stereocenters. The summed E-state index contributed by atoms with van der Waals surface area (Å²) >= 11 is 0.